The second kappa shape index (κ2) is 6.98. The average Bonchev–Trinajstić information content (AvgIpc) is 3.10. The molecule has 1 atom stereocenters. The van der Waals surface area contributed by atoms with E-state index in [1.807, 2.05) is 36.7 Å². The number of benzene rings is 1. The summed E-state index contributed by atoms with van der Waals surface area (Å²) in [7, 11) is 0. The summed E-state index contributed by atoms with van der Waals surface area (Å²) >= 11 is 9.26. The highest BCUT2D eigenvalue weighted by Crippen LogP contribution is 2.32. The van der Waals surface area contributed by atoms with Crippen LogP contribution in [0.1, 0.15) is 17.3 Å². The lowest BCUT2D eigenvalue weighted by atomic mass is 10.0. The van der Waals surface area contributed by atoms with Gasteiger partial charge in [-0.3, -0.25) is 4.98 Å². The summed E-state index contributed by atoms with van der Waals surface area (Å²) in [6, 6.07) is 16.5. The molecule has 4 nitrogen and oxygen atoms in total. The van der Waals surface area contributed by atoms with Gasteiger partial charge in [0.15, 0.2) is 5.11 Å². The van der Waals surface area contributed by atoms with Crippen molar-refractivity contribution in [2.75, 3.05) is 11.9 Å². The highest BCUT2D eigenvalue weighted by molar-refractivity contribution is 9.10. The third kappa shape index (κ3) is 3.32. The molecule has 1 aromatic carbocycles. The molecule has 0 amide bonds. The summed E-state index contributed by atoms with van der Waals surface area (Å²) in [5.41, 5.74) is 3.41. The number of aromatic nitrogens is 2. The minimum absolute atomic E-state index is 0.0823. The maximum atomic E-state index is 5.75. The predicted molar refractivity (Wildman–Crippen MR) is 108 cm³/mol. The molecule has 0 aliphatic carbocycles. The molecular formula is C19H17BrN4S. The highest BCUT2D eigenvalue weighted by Gasteiger charge is 2.30. The van der Waals surface area contributed by atoms with Crippen molar-refractivity contribution >= 4 is 38.9 Å². The van der Waals surface area contributed by atoms with Gasteiger partial charge < -0.3 is 14.8 Å². The van der Waals surface area contributed by atoms with Crippen LogP contribution in [0.5, 0.6) is 0 Å². The van der Waals surface area contributed by atoms with Gasteiger partial charge in [-0.1, -0.05) is 22.0 Å². The van der Waals surface area contributed by atoms with E-state index in [1.54, 1.807) is 0 Å². The van der Waals surface area contributed by atoms with Crippen LogP contribution in [0.15, 0.2) is 71.6 Å². The molecule has 4 rings (SSSR count). The predicted octanol–water partition coefficient (Wildman–Crippen LogP) is 4.45. The minimum atomic E-state index is 0.0823. The highest BCUT2D eigenvalue weighted by atomic mass is 79.9. The Bertz CT molecular complexity index is 893. The van der Waals surface area contributed by atoms with Crippen molar-refractivity contribution in [3.63, 3.8) is 0 Å². The Morgan fingerprint density at radius 3 is 2.76 bits per heavy atom. The summed E-state index contributed by atoms with van der Waals surface area (Å²) in [6.45, 7) is 1.78. The molecule has 0 bridgehead atoms. The zero-order chi connectivity index (χ0) is 17.2. The summed E-state index contributed by atoms with van der Waals surface area (Å²) in [4.78, 5) is 6.40. The quantitative estimate of drug-likeness (QED) is 0.630. The van der Waals surface area contributed by atoms with Crippen molar-refractivity contribution in [2.24, 2.45) is 0 Å². The van der Waals surface area contributed by atoms with Gasteiger partial charge in [-0.2, -0.15) is 0 Å². The maximum absolute atomic E-state index is 5.75. The van der Waals surface area contributed by atoms with Crippen molar-refractivity contribution in [1.82, 2.24) is 14.5 Å². The molecule has 3 aromatic rings. The fourth-order valence-electron chi connectivity index (χ4n) is 3.26. The number of nitrogens with one attached hydrogen (secondary N) is 1. The van der Waals surface area contributed by atoms with Crippen molar-refractivity contribution < 1.29 is 0 Å². The van der Waals surface area contributed by atoms with Gasteiger partial charge in [0.1, 0.15) is 0 Å². The van der Waals surface area contributed by atoms with E-state index in [4.69, 9.17) is 12.2 Å². The van der Waals surface area contributed by atoms with E-state index in [-0.39, 0.29) is 6.04 Å². The molecular weight excluding hydrogens is 396 g/mol. The Balaban J connectivity index is 1.66. The molecule has 1 N–H and O–H groups in total. The smallest absolute Gasteiger partial charge is 0.174 e. The van der Waals surface area contributed by atoms with Gasteiger partial charge in [0, 0.05) is 47.5 Å². The van der Waals surface area contributed by atoms with Gasteiger partial charge in [-0.15, -0.1) is 0 Å². The van der Waals surface area contributed by atoms with E-state index in [9.17, 15) is 0 Å². The molecule has 0 unspecified atom stereocenters. The van der Waals surface area contributed by atoms with Gasteiger partial charge in [-0.25, -0.2) is 0 Å². The summed E-state index contributed by atoms with van der Waals surface area (Å²) in [5.74, 6) is 0. The Hall–Kier alpha value is -2.18. The van der Waals surface area contributed by atoms with E-state index < -0.39 is 0 Å². The van der Waals surface area contributed by atoms with E-state index in [1.165, 1.54) is 11.3 Å². The lowest BCUT2D eigenvalue weighted by Gasteiger charge is -2.39. The number of halogens is 1. The van der Waals surface area contributed by atoms with Crippen LogP contribution in [0, 0.1) is 0 Å². The van der Waals surface area contributed by atoms with Crippen LogP contribution in [0.4, 0.5) is 5.69 Å². The largest absolute Gasteiger partial charge is 0.348 e. The molecule has 1 aliphatic rings. The third-order valence-electron chi connectivity index (χ3n) is 4.40. The molecule has 25 heavy (non-hydrogen) atoms. The maximum Gasteiger partial charge on any atom is 0.174 e. The van der Waals surface area contributed by atoms with E-state index in [0.29, 0.717) is 0 Å². The Kier molecular flexibility index (Phi) is 4.55. The molecule has 0 fully saturated rings. The number of rotatable bonds is 2. The molecule has 1 aliphatic heterocycles. The first kappa shape index (κ1) is 16.3. The number of thiocarbonyl (C=S) groups is 1. The first-order chi connectivity index (χ1) is 12.2. The Labute approximate surface area is 160 Å². The SMILES string of the molecule is S=C(Nc1cccc(Br)c1)N1CCn2cccc2[C@H]1c1ccncc1. The third-order valence-corrected chi connectivity index (χ3v) is 5.23. The topological polar surface area (TPSA) is 33.1 Å². The molecule has 0 saturated carbocycles. The van der Waals surface area contributed by atoms with Gasteiger partial charge in [0.05, 0.1) is 6.04 Å². The van der Waals surface area contributed by atoms with Crippen molar-refractivity contribution in [3.05, 3.63) is 82.9 Å². The second-order valence-corrected chi connectivity index (χ2v) is 7.25. The number of hydrogen-bond donors (Lipinski definition) is 1. The van der Waals surface area contributed by atoms with E-state index in [0.717, 1.165) is 28.4 Å². The zero-order valence-electron chi connectivity index (χ0n) is 13.5. The van der Waals surface area contributed by atoms with Crippen LogP contribution in [-0.4, -0.2) is 26.1 Å². The van der Waals surface area contributed by atoms with Gasteiger partial charge in [-0.05, 0) is 60.2 Å². The zero-order valence-corrected chi connectivity index (χ0v) is 15.9. The number of pyridine rings is 1. The van der Waals surface area contributed by atoms with Crippen LogP contribution in [0.3, 0.4) is 0 Å². The molecule has 6 heteroatoms. The molecule has 126 valence electrons. The van der Waals surface area contributed by atoms with Crippen LogP contribution in [0.2, 0.25) is 0 Å². The van der Waals surface area contributed by atoms with E-state index >= 15 is 0 Å². The number of nitrogens with zero attached hydrogens (tertiary/aromatic N) is 3. The number of anilines is 1. The first-order valence-corrected chi connectivity index (χ1v) is 9.30. The van der Waals surface area contributed by atoms with E-state index in [2.05, 4.69) is 66.2 Å². The fraction of sp³-hybridized carbons (Fsp3) is 0.158. The van der Waals surface area contributed by atoms with Crippen LogP contribution < -0.4 is 5.32 Å². The van der Waals surface area contributed by atoms with Gasteiger partial charge in [0.25, 0.3) is 0 Å². The molecule has 2 aromatic heterocycles. The van der Waals surface area contributed by atoms with Crippen LogP contribution >= 0.6 is 28.1 Å². The summed E-state index contributed by atoms with van der Waals surface area (Å²) < 4.78 is 3.32. The first-order valence-electron chi connectivity index (χ1n) is 8.10. The number of fused-ring (bicyclic) bond motifs is 1. The molecule has 0 spiro atoms. The lowest BCUT2D eigenvalue weighted by Crippen LogP contribution is -2.44. The van der Waals surface area contributed by atoms with Crippen LogP contribution in [-0.2, 0) is 6.54 Å². The standard InChI is InChI=1S/C19H17BrN4S/c20-15-3-1-4-16(13-15)22-19(25)24-12-11-23-10-2-5-17(23)18(24)14-6-8-21-9-7-14/h1-10,13,18H,11-12H2,(H,22,25)/t18-/m1/s1. The minimum Gasteiger partial charge on any atom is -0.348 e. The average molecular weight is 413 g/mol. The Morgan fingerprint density at radius 1 is 1.12 bits per heavy atom. The second-order valence-electron chi connectivity index (χ2n) is 5.94. The van der Waals surface area contributed by atoms with Crippen LogP contribution in [0.25, 0.3) is 0 Å². The molecule has 0 radical (unpaired) electrons. The summed E-state index contributed by atoms with van der Waals surface area (Å²) in [6.07, 6.45) is 5.80. The lowest BCUT2D eigenvalue weighted by molar-refractivity contribution is 0.293. The Morgan fingerprint density at radius 2 is 1.96 bits per heavy atom. The van der Waals surface area contributed by atoms with Crippen molar-refractivity contribution in [3.8, 4) is 0 Å². The fourth-order valence-corrected chi connectivity index (χ4v) is 3.97. The van der Waals surface area contributed by atoms with Crippen molar-refractivity contribution in [1.29, 1.82) is 0 Å². The normalized spacial score (nSPS) is 16.4. The summed E-state index contributed by atoms with van der Waals surface area (Å²) in [5, 5.41) is 4.11. The van der Waals surface area contributed by atoms with Gasteiger partial charge >= 0.3 is 0 Å². The van der Waals surface area contributed by atoms with Crippen molar-refractivity contribution in [2.45, 2.75) is 12.6 Å². The number of hydrogen-bond acceptors (Lipinski definition) is 2. The monoisotopic (exact) mass is 412 g/mol. The molecule has 3 heterocycles. The van der Waals surface area contributed by atoms with Gasteiger partial charge in [0.2, 0.25) is 0 Å². The molecule has 0 saturated heterocycles.